The Labute approximate surface area is 122 Å². The van der Waals surface area contributed by atoms with Crippen molar-refractivity contribution in [2.24, 2.45) is 5.92 Å². The number of hydrogen-bond acceptors (Lipinski definition) is 5. The molecule has 0 spiro atoms. The van der Waals surface area contributed by atoms with Gasteiger partial charge in [0.25, 0.3) is 0 Å². The van der Waals surface area contributed by atoms with E-state index in [0.717, 1.165) is 0 Å². The molecule has 6 heteroatoms. The van der Waals surface area contributed by atoms with Crippen molar-refractivity contribution in [2.45, 2.75) is 26.7 Å². The molecule has 0 aliphatic rings. The van der Waals surface area contributed by atoms with E-state index in [1.54, 1.807) is 19.1 Å². The topological polar surface area (TPSA) is 65.2 Å². The average Bonchev–Trinajstić information content (AvgIpc) is 2.90. The van der Waals surface area contributed by atoms with Crippen LogP contribution < -0.4 is 0 Å². The summed E-state index contributed by atoms with van der Waals surface area (Å²) in [6, 6.07) is 3.29. The zero-order valence-electron chi connectivity index (χ0n) is 12.4. The van der Waals surface area contributed by atoms with Gasteiger partial charge in [0.15, 0.2) is 5.76 Å². The number of ether oxygens (including phenoxy) is 1. The van der Waals surface area contributed by atoms with Crippen molar-refractivity contribution in [3.05, 3.63) is 35.6 Å². The maximum atomic E-state index is 13.2. The number of methoxy groups -OCH3 is 1. The number of pyridine rings is 1. The van der Waals surface area contributed by atoms with Gasteiger partial charge in [-0.3, -0.25) is 4.79 Å². The van der Waals surface area contributed by atoms with E-state index in [9.17, 15) is 9.18 Å². The Morgan fingerprint density at radius 1 is 1.38 bits per heavy atom. The quantitative estimate of drug-likeness (QED) is 0.640. The summed E-state index contributed by atoms with van der Waals surface area (Å²) < 4.78 is 23.2. The Kier molecular flexibility index (Phi) is 4.35. The minimum absolute atomic E-state index is 0.00586. The number of nitrogens with zero attached hydrogens (tertiary/aromatic N) is 2. The van der Waals surface area contributed by atoms with Gasteiger partial charge in [0.2, 0.25) is 5.95 Å². The highest BCUT2D eigenvalue weighted by Gasteiger charge is 2.29. The van der Waals surface area contributed by atoms with Crippen molar-refractivity contribution in [1.29, 1.82) is 0 Å². The third kappa shape index (κ3) is 3.09. The predicted octanol–water partition coefficient (Wildman–Crippen LogP) is 3.10. The Morgan fingerprint density at radius 3 is 2.67 bits per heavy atom. The predicted molar refractivity (Wildman–Crippen MR) is 74.0 cm³/mol. The molecule has 2 heterocycles. The molecule has 1 unspecified atom stereocenters. The summed E-state index contributed by atoms with van der Waals surface area (Å²) in [6.07, 6.45) is 1.38. The molecule has 0 radical (unpaired) electrons. The molecule has 2 aromatic heterocycles. The average molecular weight is 292 g/mol. The minimum Gasteiger partial charge on any atom is -0.468 e. The standard InChI is InChI=1S/C15H17FN2O3/c1-8(2)13(15(19)20-4)12-6-11(18-21-12)10-5-9(3)14(16)17-7-10/h5-8,13H,1-4H3. The SMILES string of the molecule is COC(=O)C(c1cc(-c2cnc(F)c(C)c2)no1)C(C)C. The summed E-state index contributed by atoms with van der Waals surface area (Å²) in [7, 11) is 1.34. The van der Waals surface area contributed by atoms with Crippen LogP contribution in [0.1, 0.15) is 31.1 Å². The molecule has 1 atom stereocenters. The summed E-state index contributed by atoms with van der Waals surface area (Å²) in [5, 5.41) is 3.93. The monoisotopic (exact) mass is 292 g/mol. The molecule has 5 nitrogen and oxygen atoms in total. The lowest BCUT2D eigenvalue weighted by Crippen LogP contribution is -2.19. The largest absolute Gasteiger partial charge is 0.468 e. The first kappa shape index (κ1) is 15.2. The van der Waals surface area contributed by atoms with Crippen molar-refractivity contribution in [2.75, 3.05) is 7.11 Å². The van der Waals surface area contributed by atoms with Crippen molar-refractivity contribution < 1.29 is 18.4 Å². The second-order valence-electron chi connectivity index (χ2n) is 5.19. The molecular weight excluding hydrogens is 275 g/mol. The molecule has 0 saturated carbocycles. The summed E-state index contributed by atoms with van der Waals surface area (Å²) >= 11 is 0. The minimum atomic E-state index is -0.522. The molecule has 21 heavy (non-hydrogen) atoms. The number of halogens is 1. The molecule has 0 aliphatic carbocycles. The lowest BCUT2D eigenvalue weighted by atomic mass is 9.93. The van der Waals surface area contributed by atoms with Crippen LogP contribution >= 0.6 is 0 Å². The van der Waals surface area contributed by atoms with E-state index in [-0.39, 0.29) is 11.9 Å². The number of rotatable bonds is 4. The van der Waals surface area contributed by atoms with E-state index in [1.165, 1.54) is 13.3 Å². The van der Waals surface area contributed by atoms with E-state index >= 15 is 0 Å². The highest BCUT2D eigenvalue weighted by Crippen LogP contribution is 2.29. The molecule has 2 aromatic rings. The Morgan fingerprint density at radius 2 is 2.10 bits per heavy atom. The van der Waals surface area contributed by atoms with E-state index in [1.807, 2.05) is 13.8 Å². The van der Waals surface area contributed by atoms with Crippen LogP contribution in [0.25, 0.3) is 11.3 Å². The molecule has 0 saturated heterocycles. The van der Waals surface area contributed by atoms with Gasteiger partial charge in [-0.2, -0.15) is 4.39 Å². The zero-order valence-corrected chi connectivity index (χ0v) is 12.4. The molecule has 112 valence electrons. The van der Waals surface area contributed by atoms with Gasteiger partial charge in [-0.1, -0.05) is 19.0 Å². The first-order valence-electron chi connectivity index (χ1n) is 6.61. The van der Waals surface area contributed by atoms with Gasteiger partial charge in [-0.25, -0.2) is 4.98 Å². The van der Waals surface area contributed by atoms with Crippen LogP contribution in [0.5, 0.6) is 0 Å². The fraction of sp³-hybridized carbons (Fsp3) is 0.400. The second-order valence-corrected chi connectivity index (χ2v) is 5.19. The van der Waals surface area contributed by atoms with Crippen molar-refractivity contribution in [3.63, 3.8) is 0 Å². The van der Waals surface area contributed by atoms with Gasteiger partial charge < -0.3 is 9.26 Å². The number of hydrogen-bond donors (Lipinski definition) is 0. The van der Waals surface area contributed by atoms with E-state index in [4.69, 9.17) is 9.26 Å². The van der Waals surface area contributed by atoms with Crippen LogP contribution in [0.3, 0.4) is 0 Å². The molecule has 0 aliphatic heterocycles. The van der Waals surface area contributed by atoms with Crippen LogP contribution in [0, 0.1) is 18.8 Å². The molecule has 0 fully saturated rings. The molecule has 0 N–H and O–H groups in total. The lowest BCUT2D eigenvalue weighted by molar-refractivity contribution is -0.144. The van der Waals surface area contributed by atoms with Crippen molar-refractivity contribution >= 4 is 5.97 Å². The Bertz CT molecular complexity index is 652. The fourth-order valence-corrected chi connectivity index (χ4v) is 2.11. The summed E-state index contributed by atoms with van der Waals surface area (Å²) in [4.78, 5) is 15.5. The summed E-state index contributed by atoms with van der Waals surface area (Å²) in [5.74, 6) is -0.982. The fourth-order valence-electron chi connectivity index (χ4n) is 2.11. The number of carbonyl (C=O) groups is 1. The van der Waals surface area contributed by atoms with E-state index in [0.29, 0.717) is 22.6 Å². The molecule has 0 aromatic carbocycles. The third-order valence-corrected chi connectivity index (χ3v) is 3.27. The first-order chi connectivity index (χ1) is 9.93. The highest BCUT2D eigenvalue weighted by molar-refractivity contribution is 5.78. The second kappa shape index (κ2) is 6.03. The summed E-state index contributed by atoms with van der Waals surface area (Å²) in [6.45, 7) is 5.42. The Balaban J connectivity index is 2.36. The van der Waals surface area contributed by atoms with Crippen LogP contribution in [-0.2, 0) is 9.53 Å². The zero-order chi connectivity index (χ0) is 15.6. The number of aryl methyl sites for hydroxylation is 1. The highest BCUT2D eigenvalue weighted by atomic mass is 19.1. The van der Waals surface area contributed by atoms with Crippen molar-refractivity contribution in [1.82, 2.24) is 10.1 Å². The Hall–Kier alpha value is -2.24. The van der Waals surface area contributed by atoms with Crippen LogP contribution in [0.4, 0.5) is 4.39 Å². The van der Waals surface area contributed by atoms with Gasteiger partial charge >= 0.3 is 5.97 Å². The van der Waals surface area contributed by atoms with Crippen LogP contribution in [0.2, 0.25) is 0 Å². The number of carbonyl (C=O) groups excluding carboxylic acids is 1. The van der Waals surface area contributed by atoms with E-state index in [2.05, 4.69) is 10.1 Å². The summed E-state index contributed by atoms with van der Waals surface area (Å²) in [5.41, 5.74) is 1.57. The first-order valence-corrected chi connectivity index (χ1v) is 6.61. The van der Waals surface area contributed by atoms with Gasteiger partial charge in [0.1, 0.15) is 11.6 Å². The van der Waals surface area contributed by atoms with Gasteiger partial charge in [-0.05, 0) is 18.9 Å². The van der Waals surface area contributed by atoms with Gasteiger partial charge in [0.05, 0.1) is 7.11 Å². The molecular formula is C15H17FN2O3. The maximum absolute atomic E-state index is 13.2. The lowest BCUT2D eigenvalue weighted by Gasteiger charge is -2.14. The molecule has 0 bridgehead atoms. The smallest absolute Gasteiger partial charge is 0.316 e. The normalized spacial score (nSPS) is 12.5. The van der Waals surface area contributed by atoms with Crippen LogP contribution in [0.15, 0.2) is 22.9 Å². The van der Waals surface area contributed by atoms with Gasteiger partial charge in [-0.15, -0.1) is 0 Å². The number of esters is 1. The third-order valence-electron chi connectivity index (χ3n) is 3.27. The molecule has 0 amide bonds. The van der Waals surface area contributed by atoms with Crippen molar-refractivity contribution in [3.8, 4) is 11.3 Å². The maximum Gasteiger partial charge on any atom is 0.316 e. The van der Waals surface area contributed by atoms with Gasteiger partial charge in [0, 0.05) is 23.4 Å². The van der Waals surface area contributed by atoms with Crippen LogP contribution in [-0.4, -0.2) is 23.2 Å². The molecule has 2 rings (SSSR count). The number of aromatic nitrogens is 2. The van der Waals surface area contributed by atoms with E-state index < -0.39 is 11.9 Å².